The lowest BCUT2D eigenvalue weighted by molar-refractivity contribution is 0.0527. The summed E-state index contributed by atoms with van der Waals surface area (Å²) in [4.78, 5) is 27.1. The number of nitrogens with one attached hydrogen (secondary N) is 1. The summed E-state index contributed by atoms with van der Waals surface area (Å²) >= 11 is 0. The highest BCUT2D eigenvalue weighted by molar-refractivity contribution is 5.95. The van der Waals surface area contributed by atoms with Crippen LogP contribution >= 0.6 is 0 Å². The monoisotopic (exact) mass is 447 g/mol. The molecule has 0 radical (unpaired) electrons. The molecule has 3 N–H and O–H groups in total. The van der Waals surface area contributed by atoms with Crippen molar-refractivity contribution in [2.75, 3.05) is 25.4 Å². The third-order valence-electron chi connectivity index (χ3n) is 5.85. The number of carbonyl (C=O) groups excluding carboxylic acids is 2. The van der Waals surface area contributed by atoms with Gasteiger partial charge < -0.3 is 15.8 Å². The number of carbonyl (C=O) groups is 2. The number of aromatic nitrogens is 2. The van der Waals surface area contributed by atoms with E-state index in [2.05, 4.69) is 39.6 Å². The fourth-order valence-corrected chi connectivity index (χ4v) is 4.03. The van der Waals surface area contributed by atoms with Gasteiger partial charge >= 0.3 is 5.97 Å². The number of nitrogens with zero attached hydrogens (tertiary/aromatic N) is 3. The first-order valence-corrected chi connectivity index (χ1v) is 11.2. The standard InChI is InChI=1S/C25H29N5O3/c1-2-33-25(32)22-16-27-30(23(22)26)21-10-8-19(9-11-21)24(31)28-20-12-14-29(15-13-20)17-18-6-4-3-5-7-18/h3-11,16,20H,2,12-15,17,26H2,1H3,(H,28,31). The number of hydrogen-bond donors (Lipinski definition) is 2. The van der Waals surface area contributed by atoms with E-state index < -0.39 is 5.97 Å². The van der Waals surface area contributed by atoms with Crippen molar-refractivity contribution in [3.8, 4) is 5.69 Å². The third kappa shape index (κ3) is 5.40. The number of nitrogen functional groups attached to an aromatic ring is 1. The van der Waals surface area contributed by atoms with Crippen molar-refractivity contribution in [2.24, 2.45) is 0 Å². The minimum Gasteiger partial charge on any atom is -0.462 e. The zero-order chi connectivity index (χ0) is 23.2. The van der Waals surface area contributed by atoms with Gasteiger partial charge in [-0.1, -0.05) is 30.3 Å². The van der Waals surface area contributed by atoms with Crippen LogP contribution in [0.15, 0.2) is 60.8 Å². The number of nitrogens with two attached hydrogens (primary N) is 1. The maximum Gasteiger partial charge on any atom is 0.343 e. The van der Waals surface area contributed by atoms with E-state index in [9.17, 15) is 9.59 Å². The van der Waals surface area contributed by atoms with Crippen LogP contribution in [0.3, 0.4) is 0 Å². The van der Waals surface area contributed by atoms with E-state index in [1.807, 2.05) is 6.07 Å². The lowest BCUT2D eigenvalue weighted by atomic mass is 10.0. The van der Waals surface area contributed by atoms with Gasteiger partial charge in [-0.15, -0.1) is 0 Å². The van der Waals surface area contributed by atoms with Gasteiger partial charge in [0.1, 0.15) is 11.4 Å². The van der Waals surface area contributed by atoms with Crippen LogP contribution in [0.5, 0.6) is 0 Å². The number of rotatable bonds is 7. The molecule has 8 nitrogen and oxygen atoms in total. The molecule has 0 saturated carbocycles. The van der Waals surface area contributed by atoms with Crippen molar-refractivity contribution in [3.63, 3.8) is 0 Å². The fraction of sp³-hybridized carbons (Fsp3) is 0.320. The molecular weight excluding hydrogens is 418 g/mol. The van der Waals surface area contributed by atoms with E-state index in [0.717, 1.165) is 32.5 Å². The Labute approximate surface area is 193 Å². The fourth-order valence-electron chi connectivity index (χ4n) is 4.03. The average Bonchev–Trinajstić information content (AvgIpc) is 3.22. The quantitative estimate of drug-likeness (QED) is 0.540. The Kier molecular flexibility index (Phi) is 7.04. The molecule has 4 rings (SSSR count). The number of likely N-dealkylation sites (tertiary alicyclic amines) is 1. The van der Waals surface area contributed by atoms with Crippen LogP contribution < -0.4 is 11.1 Å². The summed E-state index contributed by atoms with van der Waals surface area (Å²) in [6.45, 7) is 4.85. The SMILES string of the molecule is CCOC(=O)c1cnn(-c2ccc(C(=O)NC3CCN(Cc4ccccc4)CC3)cc2)c1N. The molecule has 33 heavy (non-hydrogen) atoms. The van der Waals surface area contributed by atoms with Gasteiger partial charge in [0.2, 0.25) is 0 Å². The van der Waals surface area contributed by atoms with Gasteiger partial charge in [-0.2, -0.15) is 5.10 Å². The van der Waals surface area contributed by atoms with E-state index in [4.69, 9.17) is 10.5 Å². The zero-order valence-electron chi connectivity index (χ0n) is 18.7. The minimum atomic E-state index is -0.507. The molecule has 0 atom stereocenters. The summed E-state index contributed by atoms with van der Waals surface area (Å²) in [7, 11) is 0. The summed E-state index contributed by atoms with van der Waals surface area (Å²) < 4.78 is 6.44. The lowest BCUT2D eigenvalue weighted by Gasteiger charge is -2.32. The van der Waals surface area contributed by atoms with Crippen molar-refractivity contribution in [2.45, 2.75) is 32.4 Å². The predicted molar refractivity (Wildman–Crippen MR) is 126 cm³/mol. The molecule has 172 valence electrons. The topological polar surface area (TPSA) is 102 Å². The minimum absolute atomic E-state index is 0.0938. The van der Waals surface area contributed by atoms with Crippen molar-refractivity contribution >= 4 is 17.7 Å². The molecule has 1 amide bonds. The van der Waals surface area contributed by atoms with E-state index >= 15 is 0 Å². The summed E-state index contributed by atoms with van der Waals surface area (Å²) in [5, 5.41) is 7.33. The van der Waals surface area contributed by atoms with Crippen LogP contribution in [0.4, 0.5) is 5.82 Å². The van der Waals surface area contributed by atoms with Gasteiger partial charge in [0, 0.05) is 31.2 Å². The first-order valence-electron chi connectivity index (χ1n) is 11.2. The molecule has 0 aliphatic carbocycles. The molecule has 1 aliphatic rings. The van der Waals surface area contributed by atoms with Gasteiger partial charge in [0.25, 0.3) is 5.91 Å². The molecule has 1 aromatic heterocycles. The molecular formula is C25H29N5O3. The normalized spacial score (nSPS) is 14.7. The molecule has 2 heterocycles. The maximum absolute atomic E-state index is 12.7. The molecule has 8 heteroatoms. The Morgan fingerprint density at radius 2 is 1.79 bits per heavy atom. The Bertz CT molecular complexity index is 1090. The van der Waals surface area contributed by atoms with Crippen LogP contribution in [0.1, 0.15) is 46.0 Å². The molecule has 1 aliphatic heterocycles. The van der Waals surface area contributed by atoms with Gasteiger partial charge in [0.15, 0.2) is 0 Å². The van der Waals surface area contributed by atoms with Crippen molar-refractivity contribution in [3.05, 3.63) is 77.5 Å². The molecule has 0 bridgehead atoms. The number of hydrogen-bond acceptors (Lipinski definition) is 6. The van der Waals surface area contributed by atoms with Crippen LogP contribution in [0.2, 0.25) is 0 Å². The van der Waals surface area contributed by atoms with E-state index in [0.29, 0.717) is 11.3 Å². The van der Waals surface area contributed by atoms with Crippen molar-refractivity contribution < 1.29 is 14.3 Å². The van der Waals surface area contributed by atoms with Gasteiger partial charge in [-0.3, -0.25) is 9.69 Å². The van der Waals surface area contributed by atoms with Crippen molar-refractivity contribution in [1.82, 2.24) is 20.0 Å². The Morgan fingerprint density at radius 1 is 1.09 bits per heavy atom. The smallest absolute Gasteiger partial charge is 0.343 e. The molecule has 3 aromatic rings. The number of anilines is 1. The molecule has 1 fully saturated rings. The maximum atomic E-state index is 12.7. The van der Waals surface area contributed by atoms with E-state index in [1.54, 1.807) is 31.2 Å². The number of ether oxygens (including phenoxy) is 1. The molecule has 0 spiro atoms. The van der Waals surface area contributed by atoms with Crippen LogP contribution in [0.25, 0.3) is 5.69 Å². The highest BCUT2D eigenvalue weighted by Crippen LogP contribution is 2.19. The molecule has 1 saturated heterocycles. The number of piperidine rings is 1. The first-order chi connectivity index (χ1) is 16.0. The summed E-state index contributed by atoms with van der Waals surface area (Å²) in [6.07, 6.45) is 3.24. The second-order valence-electron chi connectivity index (χ2n) is 8.13. The Hall–Kier alpha value is -3.65. The van der Waals surface area contributed by atoms with E-state index in [1.165, 1.54) is 16.4 Å². The van der Waals surface area contributed by atoms with Crippen molar-refractivity contribution in [1.29, 1.82) is 0 Å². The number of esters is 1. The third-order valence-corrected chi connectivity index (χ3v) is 5.85. The Morgan fingerprint density at radius 3 is 2.45 bits per heavy atom. The van der Waals surface area contributed by atoms with Crippen LogP contribution in [-0.4, -0.2) is 52.3 Å². The van der Waals surface area contributed by atoms with E-state index in [-0.39, 0.29) is 29.9 Å². The van der Waals surface area contributed by atoms with Gasteiger partial charge in [0.05, 0.1) is 18.5 Å². The summed E-state index contributed by atoms with van der Waals surface area (Å²) in [5.74, 6) is -0.399. The average molecular weight is 448 g/mol. The second kappa shape index (κ2) is 10.3. The first kappa shape index (κ1) is 22.5. The molecule has 0 unspecified atom stereocenters. The van der Waals surface area contributed by atoms with Crippen LogP contribution in [-0.2, 0) is 11.3 Å². The highest BCUT2D eigenvalue weighted by atomic mass is 16.5. The number of amides is 1. The second-order valence-corrected chi connectivity index (χ2v) is 8.13. The summed E-state index contributed by atoms with van der Waals surface area (Å²) in [6, 6.07) is 17.6. The van der Waals surface area contributed by atoms with Gasteiger partial charge in [-0.05, 0) is 49.6 Å². The zero-order valence-corrected chi connectivity index (χ0v) is 18.7. The Balaban J connectivity index is 1.32. The highest BCUT2D eigenvalue weighted by Gasteiger charge is 2.22. The largest absolute Gasteiger partial charge is 0.462 e. The van der Waals surface area contributed by atoms with Crippen LogP contribution in [0, 0.1) is 0 Å². The molecule has 2 aromatic carbocycles. The number of benzene rings is 2. The predicted octanol–water partition coefficient (Wildman–Crippen LogP) is 3.03. The lowest BCUT2D eigenvalue weighted by Crippen LogP contribution is -2.44. The summed E-state index contributed by atoms with van der Waals surface area (Å²) in [5.41, 5.74) is 8.83. The van der Waals surface area contributed by atoms with Gasteiger partial charge in [-0.25, -0.2) is 9.48 Å².